The quantitative estimate of drug-likeness (QED) is 0.721. The maximum absolute atomic E-state index is 5.54. The topological polar surface area (TPSA) is 52.0 Å². The van der Waals surface area contributed by atoms with E-state index in [-0.39, 0.29) is 0 Å². The van der Waals surface area contributed by atoms with E-state index in [0.29, 0.717) is 11.8 Å². The summed E-state index contributed by atoms with van der Waals surface area (Å²) < 4.78 is 5.50. The molecule has 3 nitrogen and oxygen atoms in total. The van der Waals surface area contributed by atoms with Gasteiger partial charge in [-0.25, -0.2) is 4.98 Å². The highest BCUT2D eigenvalue weighted by Crippen LogP contribution is 2.46. The smallest absolute Gasteiger partial charge is 0.198 e. The molecule has 1 heterocycles. The Bertz CT molecular complexity index is 273. The Labute approximate surface area is 72.0 Å². The molecule has 1 aromatic rings. The molecule has 1 aromatic heterocycles. The first-order valence-corrected chi connectivity index (χ1v) is 4.36. The van der Waals surface area contributed by atoms with Crippen LogP contribution in [0.1, 0.15) is 29.7 Å². The summed E-state index contributed by atoms with van der Waals surface area (Å²) in [4.78, 5) is 4.35. The zero-order valence-electron chi connectivity index (χ0n) is 7.50. The SMILES string of the molecule is Cc1nc(C2CC2CN)oc1C. The first kappa shape index (κ1) is 7.80. The van der Waals surface area contributed by atoms with Crippen molar-refractivity contribution in [2.75, 3.05) is 6.54 Å². The van der Waals surface area contributed by atoms with Crippen molar-refractivity contribution in [2.24, 2.45) is 11.7 Å². The molecule has 1 aliphatic carbocycles. The molecule has 2 rings (SSSR count). The van der Waals surface area contributed by atoms with Gasteiger partial charge in [-0.15, -0.1) is 0 Å². The summed E-state index contributed by atoms with van der Waals surface area (Å²) >= 11 is 0. The van der Waals surface area contributed by atoms with E-state index < -0.39 is 0 Å². The highest BCUT2D eigenvalue weighted by molar-refractivity contribution is 5.14. The minimum atomic E-state index is 0.502. The summed E-state index contributed by atoms with van der Waals surface area (Å²) in [7, 11) is 0. The van der Waals surface area contributed by atoms with E-state index in [2.05, 4.69) is 4.98 Å². The Morgan fingerprint density at radius 1 is 1.58 bits per heavy atom. The number of nitrogens with zero attached hydrogens (tertiary/aromatic N) is 1. The van der Waals surface area contributed by atoms with E-state index in [1.54, 1.807) is 0 Å². The number of aromatic nitrogens is 1. The van der Waals surface area contributed by atoms with Crippen molar-refractivity contribution in [3.05, 3.63) is 17.3 Å². The lowest BCUT2D eigenvalue weighted by Gasteiger charge is -1.89. The predicted molar refractivity (Wildman–Crippen MR) is 45.9 cm³/mol. The van der Waals surface area contributed by atoms with Gasteiger partial charge in [-0.3, -0.25) is 0 Å². The molecular formula is C9H14N2O. The van der Waals surface area contributed by atoms with Crippen LogP contribution < -0.4 is 5.73 Å². The van der Waals surface area contributed by atoms with E-state index in [9.17, 15) is 0 Å². The second-order valence-corrected chi connectivity index (χ2v) is 3.53. The van der Waals surface area contributed by atoms with Crippen LogP contribution >= 0.6 is 0 Å². The fraction of sp³-hybridized carbons (Fsp3) is 0.667. The number of nitrogens with two attached hydrogens (primary N) is 1. The molecule has 0 aromatic carbocycles. The molecule has 2 atom stereocenters. The highest BCUT2D eigenvalue weighted by atomic mass is 16.4. The fourth-order valence-electron chi connectivity index (χ4n) is 1.47. The Hall–Kier alpha value is -0.830. The number of hydrogen-bond donors (Lipinski definition) is 1. The summed E-state index contributed by atoms with van der Waals surface area (Å²) in [5.74, 6) is 2.94. The van der Waals surface area contributed by atoms with E-state index in [4.69, 9.17) is 10.2 Å². The van der Waals surface area contributed by atoms with Crippen LogP contribution in [0.4, 0.5) is 0 Å². The Morgan fingerprint density at radius 3 is 2.75 bits per heavy atom. The minimum absolute atomic E-state index is 0.502. The molecular weight excluding hydrogens is 152 g/mol. The van der Waals surface area contributed by atoms with Crippen LogP contribution in [-0.4, -0.2) is 11.5 Å². The summed E-state index contributed by atoms with van der Waals surface area (Å²) in [6, 6.07) is 0. The summed E-state index contributed by atoms with van der Waals surface area (Å²) in [6.07, 6.45) is 1.15. The number of rotatable bonds is 2. The minimum Gasteiger partial charge on any atom is -0.445 e. The van der Waals surface area contributed by atoms with E-state index >= 15 is 0 Å². The Kier molecular flexibility index (Phi) is 1.68. The monoisotopic (exact) mass is 166 g/mol. The van der Waals surface area contributed by atoms with E-state index in [1.807, 2.05) is 13.8 Å². The van der Waals surface area contributed by atoms with E-state index in [1.165, 1.54) is 0 Å². The van der Waals surface area contributed by atoms with Crippen molar-refractivity contribution in [3.8, 4) is 0 Å². The summed E-state index contributed by atoms with van der Waals surface area (Å²) in [6.45, 7) is 4.68. The van der Waals surface area contributed by atoms with Crippen molar-refractivity contribution in [1.29, 1.82) is 0 Å². The normalized spacial score (nSPS) is 27.6. The van der Waals surface area contributed by atoms with Crippen LogP contribution in [0, 0.1) is 19.8 Å². The standard InChI is InChI=1S/C9H14N2O/c1-5-6(2)12-9(11-5)8-3-7(8)4-10/h7-8H,3-4,10H2,1-2H3. The van der Waals surface area contributed by atoms with Crippen LogP contribution in [0.15, 0.2) is 4.42 Å². The highest BCUT2D eigenvalue weighted by Gasteiger charge is 2.40. The van der Waals surface area contributed by atoms with Crippen LogP contribution in [0.5, 0.6) is 0 Å². The van der Waals surface area contributed by atoms with Crippen molar-refractivity contribution in [3.63, 3.8) is 0 Å². The zero-order valence-corrected chi connectivity index (χ0v) is 7.50. The van der Waals surface area contributed by atoms with Gasteiger partial charge in [0.05, 0.1) is 5.69 Å². The molecule has 1 aliphatic rings. The van der Waals surface area contributed by atoms with Gasteiger partial charge in [-0.05, 0) is 32.7 Å². The Morgan fingerprint density at radius 2 is 2.33 bits per heavy atom. The van der Waals surface area contributed by atoms with Gasteiger partial charge in [-0.2, -0.15) is 0 Å². The fourth-order valence-corrected chi connectivity index (χ4v) is 1.47. The van der Waals surface area contributed by atoms with Crippen molar-refractivity contribution >= 4 is 0 Å². The summed E-state index contributed by atoms with van der Waals surface area (Å²) in [5, 5.41) is 0. The van der Waals surface area contributed by atoms with Crippen LogP contribution in [-0.2, 0) is 0 Å². The lowest BCUT2D eigenvalue weighted by molar-refractivity contribution is 0.465. The average molecular weight is 166 g/mol. The second kappa shape index (κ2) is 2.59. The molecule has 0 bridgehead atoms. The summed E-state index contributed by atoms with van der Waals surface area (Å²) in [5.41, 5.74) is 6.54. The maximum atomic E-state index is 5.54. The second-order valence-electron chi connectivity index (χ2n) is 3.53. The third-order valence-corrected chi connectivity index (χ3v) is 2.59. The van der Waals surface area contributed by atoms with Gasteiger partial charge in [0, 0.05) is 5.92 Å². The molecule has 66 valence electrons. The molecule has 3 heteroatoms. The van der Waals surface area contributed by atoms with Crippen molar-refractivity contribution in [1.82, 2.24) is 4.98 Å². The molecule has 2 unspecified atom stereocenters. The molecule has 1 fully saturated rings. The molecule has 0 radical (unpaired) electrons. The lowest BCUT2D eigenvalue weighted by Crippen LogP contribution is -2.01. The first-order chi connectivity index (χ1) is 5.72. The first-order valence-electron chi connectivity index (χ1n) is 4.36. The van der Waals surface area contributed by atoms with Crippen molar-refractivity contribution in [2.45, 2.75) is 26.2 Å². The van der Waals surface area contributed by atoms with Gasteiger partial charge in [0.1, 0.15) is 5.76 Å². The lowest BCUT2D eigenvalue weighted by atomic mass is 10.3. The van der Waals surface area contributed by atoms with Gasteiger partial charge in [0.2, 0.25) is 0 Å². The zero-order chi connectivity index (χ0) is 8.72. The van der Waals surface area contributed by atoms with E-state index in [0.717, 1.165) is 30.3 Å². The predicted octanol–water partition coefficient (Wildman–Crippen LogP) is 1.35. The molecule has 0 saturated heterocycles. The maximum Gasteiger partial charge on any atom is 0.198 e. The number of oxazole rings is 1. The molecule has 0 spiro atoms. The van der Waals surface area contributed by atoms with Crippen LogP contribution in [0.2, 0.25) is 0 Å². The van der Waals surface area contributed by atoms with Gasteiger partial charge in [0.15, 0.2) is 5.89 Å². The van der Waals surface area contributed by atoms with Crippen molar-refractivity contribution < 1.29 is 4.42 Å². The molecule has 0 aliphatic heterocycles. The average Bonchev–Trinajstić information content (AvgIpc) is 2.75. The number of aryl methyl sites for hydroxylation is 2. The van der Waals surface area contributed by atoms with Crippen LogP contribution in [0.25, 0.3) is 0 Å². The van der Waals surface area contributed by atoms with Gasteiger partial charge in [0.25, 0.3) is 0 Å². The van der Waals surface area contributed by atoms with Gasteiger partial charge >= 0.3 is 0 Å². The molecule has 0 amide bonds. The molecule has 2 N–H and O–H groups in total. The van der Waals surface area contributed by atoms with Crippen LogP contribution in [0.3, 0.4) is 0 Å². The Balaban J connectivity index is 2.15. The van der Waals surface area contributed by atoms with Gasteiger partial charge in [-0.1, -0.05) is 0 Å². The molecule has 1 saturated carbocycles. The largest absolute Gasteiger partial charge is 0.445 e. The van der Waals surface area contributed by atoms with Gasteiger partial charge < -0.3 is 10.2 Å². The number of hydrogen-bond acceptors (Lipinski definition) is 3. The third-order valence-electron chi connectivity index (χ3n) is 2.59. The third kappa shape index (κ3) is 1.14. The molecule has 12 heavy (non-hydrogen) atoms.